The molecular formula is C24H29N3O4. The molecule has 164 valence electrons. The Labute approximate surface area is 183 Å². The van der Waals surface area contributed by atoms with Crippen LogP contribution in [-0.4, -0.2) is 62.5 Å². The molecule has 7 heteroatoms. The molecule has 0 unspecified atom stereocenters. The Kier molecular flexibility index (Phi) is 6.74. The summed E-state index contributed by atoms with van der Waals surface area (Å²) >= 11 is 0. The lowest BCUT2D eigenvalue weighted by Crippen LogP contribution is -2.45. The molecule has 31 heavy (non-hydrogen) atoms. The topological polar surface area (TPSA) is 60.2 Å². The van der Waals surface area contributed by atoms with Crippen molar-refractivity contribution in [2.45, 2.75) is 13.1 Å². The van der Waals surface area contributed by atoms with E-state index in [1.807, 2.05) is 48.5 Å². The van der Waals surface area contributed by atoms with E-state index in [1.54, 1.807) is 21.3 Å². The fourth-order valence-electron chi connectivity index (χ4n) is 3.99. The lowest BCUT2D eigenvalue weighted by molar-refractivity contribution is 0.113. The van der Waals surface area contributed by atoms with Gasteiger partial charge in [-0.15, -0.1) is 0 Å². The van der Waals surface area contributed by atoms with Crippen molar-refractivity contribution in [3.8, 4) is 28.5 Å². The van der Waals surface area contributed by atoms with Gasteiger partial charge in [-0.05, 0) is 6.07 Å². The third-order valence-electron chi connectivity index (χ3n) is 5.65. The second-order valence-electron chi connectivity index (χ2n) is 7.59. The minimum absolute atomic E-state index is 0.640. The van der Waals surface area contributed by atoms with Gasteiger partial charge >= 0.3 is 0 Å². The minimum Gasteiger partial charge on any atom is -0.493 e. The molecule has 1 fully saturated rings. The normalized spacial score (nSPS) is 15.1. The molecule has 1 saturated heterocycles. The van der Waals surface area contributed by atoms with Gasteiger partial charge in [0.15, 0.2) is 17.3 Å². The summed E-state index contributed by atoms with van der Waals surface area (Å²) in [6.07, 6.45) is 0. The summed E-state index contributed by atoms with van der Waals surface area (Å²) in [5, 5.41) is 4.22. The van der Waals surface area contributed by atoms with Crippen LogP contribution in [0.15, 0.2) is 53.1 Å². The summed E-state index contributed by atoms with van der Waals surface area (Å²) in [4.78, 5) is 4.83. The predicted molar refractivity (Wildman–Crippen MR) is 119 cm³/mol. The van der Waals surface area contributed by atoms with Crippen LogP contribution in [0.3, 0.4) is 0 Å². The number of hydrogen-bond acceptors (Lipinski definition) is 7. The van der Waals surface area contributed by atoms with Crippen molar-refractivity contribution in [1.29, 1.82) is 0 Å². The minimum atomic E-state index is 0.640. The van der Waals surface area contributed by atoms with Crippen LogP contribution in [0.4, 0.5) is 0 Å². The zero-order valence-electron chi connectivity index (χ0n) is 18.3. The number of nitrogens with zero attached hydrogens (tertiary/aromatic N) is 3. The molecule has 0 N–H and O–H groups in total. The van der Waals surface area contributed by atoms with Crippen LogP contribution in [0, 0.1) is 0 Å². The molecule has 0 radical (unpaired) electrons. The van der Waals surface area contributed by atoms with E-state index in [4.69, 9.17) is 18.7 Å². The fraction of sp³-hybridized carbons (Fsp3) is 0.375. The van der Waals surface area contributed by atoms with Gasteiger partial charge < -0.3 is 18.7 Å². The van der Waals surface area contributed by atoms with Crippen LogP contribution in [0.5, 0.6) is 17.2 Å². The van der Waals surface area contributed by atoms with E-state index in [0.717, 1.165) is 67.6 Å². The maximum absolute atomic E-state index is 5.63. The summed E-state index contributed by atoms with van der Waals surface area (Å²) in [6.45, 7) is 5.45. The second-order valence-corrected chi connectivity index (χ2v) is 7.59. The Morgan fingerprint density at radius 3 is 2.13 bits per heavy atom. The SMILES string of the molecule is COc1ccc(CN2CCN(Cc3cc(-c4ccccc4)no3)CC2)c(OC)c1OC. The van der Waals surface area contributed by atoms with Gasteiger partial charge in [0.2, 0.25) is 5.75 Å². The highest BCUT2D eigenvalue weighted by atomic mass is 16.5. The molecular weight excluding hydrogens is 394 g/mol. The van der Waals surface area contributed by atoms with Gasteiger partial charge in [-0.2, -0.15) is 0 Å². The maximum Gasteiger partial charge on any atom is 0.203 e. The highest BCUT2D eigenvalue weighted by molar-refractivity contribution is 5.58. The van der Waals surface area contributed by atoms with Crippen molar-refractivity contribution in [3.63, 3.8) is 0 Å². The number of aromatic nitrogens is 1. The first kappa shape index (κ1) is 21.2. The summed E-state index contributed by atoms with van der Waals surface area (Å²) in [5.74, 6) is 2.95. The Hall–Kier alpha value is -3.03. The summed E-state index contributed by atoms with van der Waals surface area (Å²) in [6, 6.07) is 16.1. The Morgan fingerprint density at radius 1 is 0.806 bits per heavy atom. The number of methoxy groups -OCH3 is 3. The smallest absolute Gasteiger partial charge is 0.203 e. The zero-order valence-corrected chi connectivity index (χ0v) is 18.3. The van der Waals surface area contributed by atoms with Crippen LogP contribution in [0.1, 0.15) is 11.3 Å². The lowest BCUT2D eigenvalue weighted by Gasteiger charge is -2.34. The van der Waals surface area contributed by atoms with E-state index in [2.05, 4.69) is 15.0 Å². The molecule has 7 nitrogen and oxygen atoms in total. The summed E-state index contributed by atoms with van der Waals surface area (Å²) in [5.41, 5.74) is 3.05. The van der Waals surface area contributed by atoms with Crippen molar-refractivity contribution in [2.24, 2.45) is 0 Å². The second kappa shape index (κ2) is 9.85. The number of piperazine rings is 1. The number of hydrogen-bond donors (Lipinski definition) is 0. The number of benzene rings is 2. The van der Waals surface area contributed by atoms with Crippen LogP contribution in [-0.2, 0) is 13.1 Å². The van der Waals surface area contributed by atoms with E-state index in [0.29, 0.717) is 11.5 Å². The molecule has 0 amide bonds. The van der Waals surface area contributed by atoms with E-state index >= 15 is 0 Å². The van der Waals surface area contributed by atoms with Gasteiger partial charge in [0.1, 0.15) is 5.69 Å². The molecule has 1 aromatic heterocycles. The quantitative estimate of drug-likeness (QED) is 0.548. The first-order valence-corrected chi connectivity index (χ1v) is 10.5. The standard InChI is InChI=1S/C24H29N3O4/c1-28-22-10-9-19(23(29-2)24(22)30-3)16-26-11-13-27(14-12-26)17-20-15-21(25-31-20)18-7-5-4-6-8-18/h4-10,15H,11-14,16-17H2,1-3H3. The average Bonchev–Trinajstić information content (AvgIpc) is 3.29. The molecule has 3 aromatic rings. The largest absolute Gasteiger partial charge is 0.493 e. The predicted octanol–water partition coefficient (Wildman–Crippen LogP) is 3.69. The Morgan fingerprint density at radius 2 is 1.48 bits per heavy atom. The highest BCUT2D eigenvalue weighted by Crippen LogP contribution is 2.40. The molecule has 1 aliphatic rings. The van der Waals surface area contributed by atoms with Crippen LogP contribution in [0.2, 0.25) is 0 Å². The van der Waals surface area contributed by atoms with Gasteiger partial charge in [0.05, 0.1) is 27.9 Å². The zero-order chi connectivity index (χ0) is 21.6. The van der Waals surface area contributed by atoms with Gasteiger partial charge in [0.25, 0.3) is 0 Å². The van der Waals surface area contributed by atoms with Gasteiger partial charge in [0, 0.05) is 49.9 Å². The Balaban J connectivity index is 1.34. The van der Waals surface area contributed by atoms with Crippen LogP contribution >= 0.6 is 0 Å². The Bertz CT molecular complexity index is 982. The van der Waals surface area contributed by atoms with Crippen LogP contribution in [0.25, 0.3) is 11.3 Å². The van der Waals surface area contributed by atoms with E-state index in [1.165, 1.54) is 0 Å². The highest BCUT2D eigenvalue weighted by Gasteiger charge is 2.22. The maximum atomic E-state index is 5.63. The van der Waals surface area contributed by atoms with Crippen molar-refractivity contribution in [3.05, 3.63) is 59.9 Å². The molecule has 0 saturated carbocycles. The lowest BCUT2D eigenvalue weighted by atomic mass is 10.1. The average molecular weight is 424 g/mol. The van der Waals surface area contributed by atoms with E-state index in [9.17, 15) is 0 Å². The molecule has 2 aromatic carbocycles. The summed E-state index contributed by atoms with van der Waals surface area (Å²) in [7, 11) is 4.93. The first-order chi connectivity index (χ1) is 15.2. The first-order valence-electron chi connectivity index (χ1n) is 10.5. The third-order valence-corrected chi connectivity index (χ3v) is 5.65. The van der Waals surface area contributed by atoms with E-state index in [-0.39, 0.29) is 0 Å². The molecule has 2 heterocycles. The van der Waals surface area contributed by atoms with Gasteiger partial charge in [-0.3, -0.25) is 9.80 Å². The monoisotopic (exact) mass is 423 g/mol. The molecule has 4 rings (SSSR count). The number of rotatable bonds is 8. The molecule has 0 atom stereocenters. The third kappa shape index (κ3) is 4.84. The van der Waals surface area contributed by atoms with Crippen molar-refractivity contribution in [1.82, 2.24) is 15.0 Å². The van der Waals surface area contributed by atoms with Crippen molar-refractivity contribution < 1.29 is 18.7 Å². The van der Waals surface area contributed by atoms with Gasteiger partial charge in [-0.1, -0.05) is 41.6 Å². The van der Waals surface area contributed by atoms with E-state index < -0.39 is 0 Å². The van der Waals surface area contributed by atoms with Crippen molar-refractivity contribution >= 4 is 0 Å². The molecule has 0 aliphatic carbocycles. The van der Waals surface area contributed by atoms with Gasteiger partial charge in [-0.25, -0.2) is 0 Å². The summed E-state index contributed by atoms with van der Waals surface area (Å²) < 4.78 is 22.1. The number of ether oxygens (including phenoxy) is 3. The van der Waals surface area contributed by atoms with Crippen molar-refractivity contribution in [2.75, 3.05) is 47.5 Å². The fourth-order valence-corrected chi connectivity index (χ4v) is 3.99. The molecule has 0 bridgehead atoms. The molecule has 1 aliphatic heterocycles. The molecule has 0 spiro atoms. The van der Waals surface area contributed by atoms with Crippen LogP contribution < -0.4 is 14.2 Å².